The first-order chi connectivity index (χ1) is 7.94. The fourth-order valence-electron chi connectivity index (χ4n) is 2.03. The first kappa shape index (κ1) is 11.6. The number of nitrogens with zero attached hydrogens (tertiary/aromatic N) is 2. The van der Waals surface area contributed by atoms with Crippen molar-refractivity contribution < 1.29 is 14.7 Å². The van der Waals surface area contributed by atoms with Crippen molar-refractivity contribution in [3.05, 3.63) is 17.5 Å². The average Bonchev–Trinajstić information content (AvgIpc) is 2.50. The molecule has 0 bridgehead atoms. The molecule has 0 spiro atoms. The lowest BCUT2D eigenvalue weighted by molar-refractivity contribution is -0.148. The van der Waals surface area contributed by atoms with Crippen LogP contribution in [0.5, 0.6) is 0 Å². The predicted molar refractivity (Wildman–Crippen MR) is 59.6 cm³/mol. The normalized spacial score (nSPS) is 17.3. The van der Waals surface area contributed by atoms with Crippen LogP contribution in [0.4, 0.5) is 0 Å². The molecule has 1 amide bonds. The third kappa shape index (κ3) is 1.90. The third-order valence-electron chi connectivity index (χ3n) is 3.23. The molecule has 1 saturated carbocycles. The van der Waals surface area contributed by atoms with Gasteiger partial charge in [0.2, 0.25) is 0 Å². The molecule has 1 aromatic heterocycles. The van der Waals surface area contributed by atoms with E-state index in [0.717, 1.165) is 6.42 Å². The third-order valence-corrected chi connectivity index (χ3v) is 3.23. The Hall–Kier alpha value is -1.85. The van der Waals surface area contributed by atoms with Gasteiger partial charge in [0, 0.05) is 13.2 Å². The van der Waals surface area contributed by atoms with Crippen LogP contribution in [0.15, 0.2) is 6.20 Å². The molecule has 1 aliphatic rings. The number of amides is 1. The van der Waals surface area contributed by atoms with Crippen molar-refractivity contribution in [3.63, 3.8) is 0 Å². The fourth-order valence-corrected chi connectivity index (χ4v) is 2.03. The highest BCUT2D eigenvalue weighted by Crippen LogP contribution is 2.32. The molecule has 92 valence electrons. The number of carboxylic acids is 1. The molecule has 0 radical (unpaired) electrons. The summed E-state index contributed by atoms with van der Waals surface area (Å²) in [6.45, 7) is 1.73. The van der Waals surface area contributed by atoms with Crippen LogP contribution in [0.1, 0.15) is 35.3 Å². The monoisotopic (exact) mass is 237 g/mol. The molecule has 2 rings (SSSR count). The van der Waals surface area contributed by atoms with Crippen molar-refractivity contribution in [3.8, 4) is 0 Å². The van der Waals surface area contributed by atoms with Crippen molar-refractivity contribution in [2.75, 3.05) is 0 Å². The molecular weight excluding hydrogens is 222 g/mol. The second-order valence-electron chi connectivity index (χ2n) is 4.50. The highest BCUT2D eigenvalue weighted by atomic mass is 16.4. The van der Waals surface area contributed by atoms with Crippen LogP contribution in [0.3, 0.4) is 0 Å². The van der Waals surface area contributed by atoms with Crippen molar-refractivity contribution >= 4 is 11.9 Å². The van der Waals surface area contributed by atoms with Gasteiger partial charge in [-0.25, -0.2) is 4.79 Å². The van der Waals surface area contributed by atoms with E-state index in [1.807, 2.05) is 0 Å². The van der Waals surface area contributed by atoms with E-state index in [4.69, 9.17) is 5.11 Å². The zero-order valence-corrected chi connectivity index (χ0v) is 9.86. The van der Waals surface area contributed by atoms with Gasteiger partial charge in [-0.05, 0) is 26.2 Å². The van der Waals surface area contributed by atoms with Gasteiger partial charge in [-0.2, -0.15) is 5.10 Å². The number of aliphatic carboxylic acids is 1. The number of carbonyl (C=O) groups excluding carboxylic acids is 1. The van der Waals surface area contributed by atoms with Gasteiger partial charge in [0.05, 0.1) is 11.3 Å². The molecule has 1 fully saturated rings. The summed E-state index contributed by atoms with van der Waals surface area (Å²) in [5.41, 5.74) is -0.0378. The predicted octanol–water partition coefficient (Wildman–Crippen LogP) is 0.466. The summed E-state index contributed by atoms with van der Waals surface area (Å²) in [7, 11) is 1.72. The number of aromatic nitrogens is 2. The summed E-state index contributed by atoms with van der Waals surface area (Å²) in [6.07, 6.45) is 3.41. The maximum atomic E-state index is 12.0. The van der Waals surface area contributed by atoms with Crippen LogP contribution in [0, 0.1) is 6.92 Å². The minimum Gasteiger partial charge on any atom is -0.480 e. The number of aryl methyl sites for hydroxylation is 2. The Labute approximate surface area is 98.6 Å². The van der Waals surface area contributed by atoms with E-state index < -0.39 is 11.5 Å². The van der Waals surface area contributed by atoms with Crippen LogP contribution < -0.4 is 5.32 Å². The van der Waals surface area contributed by atoms with E-state index >= 15 is 0 Å². The highest BCUT2D eigenvalue weighted by molar-refractivity contribution is 5.98. The molecule has 6 nitrogen and oxygen atoms in total. The number of rotatable bonds is 3. The molecule has 0 aliphatic heterocycles. The molecule has 0 unspecified atom stereocenters. The molecular formula is C11H15N3O3. The average molecular weight is 237 g/mol. The summed E-state index contributed by atoms with van der Waals surface area (Å²) in [5, 5.41) is 15.8. The van der Waals surface area contributed by atoms with Gasteiger partial charge in [0.25, 0.3) is 5.91 Å². The molecule has 6 heteroatoms. The molecule has 1 aliphatic carbocycles. The Kier molecular flexibility index (Phi) is 2.65. The Bertz CT molecular complexity index is 474. The smallest absolute Gasteiger partial charge is 0.329 e. The van der Waals surface area contributed by atoms with Gasteiger partial charge in [-0.1, -0.05) is 0 Å². The van der Waals surface area contributed by atoms with E-state index in [9.17, 15) is 9.59 Å². The SMILES string of the molecule is Cc1nn(C)cc1C(=O)NC1(C(=O)O)CCC1. The minimum atomic E-state index is -1.07. The first-order valence-electron chi connectivity index (χ1n) is 5.51. The Morgan fingerprint density at radius 3 is 2.53 bits per heavy atom. The van der Waals surface area contributed by atoms with Crippen LogP contribution in [0.25, 0.3) is 0 Å². The lowest BCUT2D eigenvalue weighted by Gasteiger charge is -2.38. The lowest BCUT2D eigenvalue weighted by atomic mass is 9.76. The topological polar surface area (TPSA) is 84.2 Å². The zero-order valence-electron chi connectivity index (χ0n) is 9.86. The van der Waals surface area contributed by atoms with Gasteiger partial charge < -0.3 is 10.4 Å². The van der Waals surface area contributed by atoms with E-state index in [1.165, 1.54) is 0 Å². The summed E-state index contributed by atoms with van der Waals surface area (Å²) in [4.78, 5) is 23.1. The van der Waals surface area contributed by atoms with Crippen LogP contribution in [0.2, 0.25) is 0 Å². The van der Waals surface area contributed by atoms with Crippen molar-refractivity contribution in [2.45, 2.75) is 31.7 Å². The second-order valence-corrected chi connectivity index (χ2v) is 4.50. The molecule has 1 heterocycles. The quantitative estimate of drug-likeness (QED) is 0.800. The number of hydrogen-bond acceptors (Lipinski definition) is 3. The van der Waals surface area contributed by atoms with E-state index in [0.29, 0.717) is 24.1 Å². The minimum absolute atomic E-state index is 0.363. The van der Waals surface area contributed by atoms with Crippen LogP contribution >= 0.6 is 0 Å². The number of nitrogens with one attached hydrogen (secondary N) is 1. The summed E-state index contributed by atoms with van der Waals surface area (Å²) >= 11 is 0. The largest absolute Gasteiger partial charge is 0.480 e. The number of hydrogen-bond donors (Lipinski definition) is 2. The van der Waals surface area contributed by atoms with Gasteiger partial charge in [-0.3, -0.25) is 9.48 Å². The van der Waals surface area contributed by atoms with Crippen molar-refractivity contribution in [2.24, 2.45) is 7.05 Å². The zero-order chi connectivity index (χ0) is 12.6. The number of carbonyl (C=O) groups is 2. The lowest BCUT2D eigenvalue weighted by Crippen LogP contribution is -2.59. The molecule has 1 aromatic rings. The van der Waals surface area contributed by atoms with E-state index in [1.54, 1.807) is 24.9 Å². The van der Waals surface area contributed by atoms with E-state index in [-0.39, 0.29) is 5.91 Å². The fraction of sp³-hybridized carbons (Fsp3) is 0.545. The van der Waals surface area contributed by atoms with Gasteiger partial charge in [0.1, 0.15) is 5.54 Å². The molecule has 17 heavy (non-hydrogen) atoms. The first-order valence-corrected chi connectivity index (χ1v) is 5.51. The Morgan fingerprint density at radius 1 is 1.53 bits per heavy atom. The molecule has 0 saturated heterocycles. The standard InChI is InChI=1S/C11H15N3O3/c1-7-8(6-14(2)13-7)9(15)12-11(10(16)17)4-3-5-11/h6H,3-5H2,1-2H3,(H,12,15)(H,16,17). The summed E-state index contributed by atoms with van der Waals surface area (Å²) in [5.74, 6) is -1.32. The maximum Gasteiger partial charge on any atom is 0.329 e. The maximum absolute atomic E-state index is 12.0. The van der Waals surface area contributed by atoms with Crippen LogP contribution in [-0.4, -0.2) is 32.3 Å². The number of carboxylic acid groups (broad SMARTS) is 1. The summed E-state index contributed by atoms with van der Waals surface area (Å²) in [6, 6.07) is 0. The van der Waals surface area contributed by atoms with Crippen molar-refractivity contribution in [1.82, 2.24) is 15.1 Å². The highest BCUT2D eigenvalue weighted by Gasteiger charge is 2.46. The molecule has 2 N–H and O–H groups in total. The Morgan fingerprint density at radius 2 is 2.18 bits per heavy atom. The Balaban J connectivity index is 2.17. The summed E-state index contributed by atoms with van der Waals surface area (Å²) < 4.78 is 1.54. The van der Waals surface area contributed by atoms with Gasteiger partial charge in [-0.15, -0.1) is 0 Å². The van der Waals surface area contributed by atoms with Crippen LogP contribution in [-0.2, 0) is 11.8 Å². The van der Waals surface area contributed by atoms with Crippen molar-refractivity contribution in [1.29, 1.82) is 0 Å². The van der Waals surface area contributed by atoms with Gasteiger partial charge in [0.15, 0.2) is 0 Å². The van der Waals surface area contributed by atoms with Gasteiger partial charge >= 0.3 is 5.97 Å². The molecule has 0 aromatic carbocycles. The van der Waals surface area contributed by atoms with E-state index in [2.05, 4.69) is 10.4 Å². The molecule has 0 atom stereocenters. The second kappa shape index (κ2) is 3.87.